The number of fused-ring (bicyclic) bond motifs is 1. The molecule has 9 heteroatoms. The van der Waals surface area contributed by atoms with Gasteiger partial charge in [-0.3, -0.25) is 0 Å². The topological polar surface area (TPSA) is 62.1 Å². The Balaban J connectivity index is 1.48. The molecule has 0 N–H and O–H groups in total. The molecule has 3 aromatic rings. The Bertz CT molecular complexity index is 930. The number of para-hydroxylation sites is 2. The van der Waals surface area contributed by atoms with Crippen LogP contribution in [0, 0.1) is 0 Å². The zero-order valence-electron chi connectivity index (χ0n) is 13.7. The van der Waals surface area contributed by atoms with Gasteiger partial charge >= 0.3 is 0 Å². The highest BCUT2D eigenvalue weighted by Gasteiger charge is 2.27. The summed E-state index contributed by atoms with van der Waals surface area (Å²) in [5.41, 5.74) is 0.968. The fourth-order valence-corrected chi connectivity index (χ4v) is 3.98. The molecule has 3 heterocycles. The molecule has 4 rings (SSSR count). The SMILES string of the molecule is Cn1c(SCc2cc(Cl)nc(Cl)c2)nnc1C1COc2ccccc2O1. The molecule has 0 spiro atoms. The summed E-state index contributed by atoms with van der Waals surface area (Å²) in [4.78, 5) is 3.95. The number of ether oxygens (including phenoxy) is 2. The number of halogens is 2. The van der Waals surface area contributed by atoms with E-state index in [0.29, 0.717) is 34.2 Å². The predicted molar refractivity (Wildman–Crippen MR) is 100 cm³/mol. The lowest BCUT2D eigenvalue weighted by atomic mass is 10.2. The van der Waals surface area contributed by atoms with Crippen LogP contribution >= 0.6 is 35.0 Å². The molecule has 134 valence electrons. The van der Waals surface area contributed by atoms with Gasteiger partial charge in [0.15, 0.2) is 28.6 Å². The first-order valence-electron chi connectivity index (χ1n) is 7.82. The van der Waals surface area contributed by atoms with Gasteiger partial charge in [-0.1, -0.05) is 47.1 Å². The van der Waals surface area contributed by atoms with Crippen LogP contribution in [0.2, 0.25) is 10.3 Å². The van der Waals surface area contributed by atoms with Crippen molar-refractivity contribution in [1.29, 1.82) is 0 Å². The largest absolute Gasteiger partial charge is 0.485 e. The number of rotatable bonds is 4. The average molecular weight is 409 g/mol. The number of thioether (sulfide) groups is 1. The molecule has 1 aliphatic rings. The van der Waals surface area contributed by atoms with Crippen LogP contribution in [0.25, 0.3) is 0 Å². The summed E-state index contributed by atoms with van der Waals surface area (Å²) >= 11 is 13.4. The Labute approximate surface area is 164 Å². The number of hydrogen-bond acceptors (Lipinski definition) is 6. The monoisotopic (exact) mass is 408 g/mol. The van der Waals surface area contributed by atoms with E-state index in [4.69, 9.17) is 32.7 Å². The van der Waals surface area contributed by atoms with Crippen molar-refractivity contribution in [1.82, 2.24) is 19.7 Å². The van der Waals surface area contributed by atoms with Gasteiger partial charge in [0.25, 0.3) is 0 Å². The molecule has 1 aromatic carbocycles. The normalized spacial score (nSPS) is 15.9. The van der Waals surface area contributed by atoms with Gasteiger partial charge in [-0.05, 0) is 29.8 Å². The number of hydrogen-bond donors (Lipinski definition) is 0. The van der Waals surface area contributed by atoms with Crippen LogP contribution in [0.5, 0.6) is 11.5 Å². The summed E-state index contributed by atoms with van der Waals surface area (Å²) in [6, 6.07) is 11.2. The maximum Gasteiger partial charge on any atom is 0.192 e. The lowest BCUT2D eigenvalue weighted by molar-refractivity contribution is 0.0825. The van der Waals surface area contributed by atoms with Crippen LogP contribution in [0.4, 0.5) is 0 Å². The van der Waals surface area contributed by atoms with Crippen molar-refractivity contribution in [2.75, 3.05) is 6.61 Å². The van der Waals surface area contributed by atoms with Crippen LogP contribution in [0.3, 0.4) is 0 Å². The third-order valence-electron chi connectivity index (χ3n) is 3.86. The minimum absolute atomic E-state index is 0.304. The van der Waals surface area contributed by atoms with Gasteiger partial charge in [0.05, 0.1) is 0 Å². The number of benzene rings is 1. The van der Waals surface area contributed by atoms with E-state index in [1.165, 1.54) is 11.8 Å². The molecule has 1 aliphatic heterocycles. The average Bonchev–Trinajstić information content (AvgIpc) is 2.99. The molecule has 0 saturated carbocycles. The molecule has 0 bridgehead atoms. The van der Waals surface area contributed by atoms with E-state index in [-0.39, 0.29) is 6.10 Å². The third kappa shape index (κ3) is 3.60. The molecular formula is C17H14Cl2N4O2S. The molecule has 0 amide bonds. The fraction of sp³-hybridized carbons (Fsp3) is 0.235. The van der Waals surface area contributed by atoms with Crippen LogP contribution in [0.15, 0.2) is 41.6 Å². The van der Waals surface area contributed by atoms with Gasteiger partial charge in [0.1, 0.15) is 16.9 Å². The molecule has 0 fully saturated rings. The van der Waals surface area contributed by atoms with Crippen LogP contribution in [0.1, 0.15) is 17.5 Å². The number of nitrogens with zero attached hydrogens (tertiary/aromatic N) is 4. The first kappa shape index (κ1) is 17.5. The Kier molecular flexibility index (Phi) is 4.93. The van der Waals surface area contributed by atoms with Gasteiger partial charge in [0.2, 0.25) is 0 Å². The molecule has 1 atom stereocenters. The van der Waals surface area contributed by atoms with E-state index in [1.807, 2.05) is 35.9 Å². The predicted octanol–water partition coefficient (Wildman–Crippen LogP) is 4.32. The van der Waals surface area contributed by atoms with E-state index < -0.39 is 0 Å². The first-order chi connectivity index (χ1) is 12.6. The van der Waals surface area contributed by atoms with Crippen molar-refractivity contribution in [2.24, 2.45) is 7.05 Å². The van der Waals surface area contributed by atoms with Gasteiger partial charge in [-0.15, -0.1) is 10.2 Å². The van der Waals surface area contributed by atoms with Crippen molar-refractivity contribution in [3.8, 4) is 11.5 Å². The second-order valence-corrected chi connectivity index (χ2v) is 7.39. The highest BCUT2D eigenvalue weighted by Crippen LogP contribution is 2.36. The van der Waals surface area contributed by atoms with Gasteiger partial charge in [-0.2, -0.15) is 0 Å². The van der Waals surface area contributed by atoms with Crippen molar-refractivity contribution in [3.05, 3.63) is 58.1 Å². The zero-order valence-corrected chi connectivity index (χ0v) is 16.1. The highest BCUT2D eigenvalue weighted by molar-refractivity contribution is 7.98. The van der Waals surface area contributed by atoms with Gasteiger partial charge in [0, 0.05) is 12.8 Å². The number of pyridine rings is 1. The Hall–Kier alpha value is -1.96. The van der Waals surface area contributed by atoms with Crippen LogP contribution in [-0.4, -0.2) is 26.4 Å². The lowest BCUT2D eigenvalue weighted by Gasteiger charge is -2.25. The van der Waals surface area contributed by atoms with Crippen molar-refractivity contribution >= 4 is 35.0 Å². The Morgan fingerprint density at radius 3 is 2.65 bits per heavy atom. The summed E-state index contributed by atoms with van der Waals surface area (Å²) in [7, 11) is 1.91. The van der Waals surface area contributed by atoms with Gasteiger partial charge in [-0.25, -0.2) is 4.98 Å². The second kappa shape index (κ2) is 7.34. The molecule has 1 unspecified atom stereocenters. The zero-order chi connectivity index (χ0) is 18.1. The van der Waals surface area contributed by atoms with E-state index in [0.717, 1.165) is 16.5 Å². The Morgan fingerprint density at radius 1 is 1.15 bits per heavy atom. The maximum absolute atomic E-state index is 6.01. The third-order valence-corrected chi connectivity index (χ3v) is 5.33. The quantitative estimate of drug-likeness (QED) is 0.473. The van der Waals surface area contributed by atoms with Crippen molar-refractivity contribution < 1.29 is 9.47 Å². The van der Waals surface area contributed by atoms with E-state index in [1.54, 1.807) is 12.1 Å². The standard InChI is InChI=1S/C17H14Cl2N4O2S/c1-23-16(13-8-24-11-4-2-3-5-12(11)25-13)21-22-17(23)26-9-10-6-14(18)20-15(19)7-10/h2-7,13H,8-9H2,1H3. The molecular weight excluding hydrogens is 395 g/mol. The summed E-state index contributed by atoms with van der Waals surface area (Å²) in [6.07, 6.45) is -0.304. The number of aromatic nitrogens is 4. The summed E-state index contributed by atoms with van der Waals surface area (Å²) in [5.74, 6) is 2.82. The minimum Gasteiger partial charge on any atom is -0.485 e. The van der Waals surface area contributed by atoms with E-state index >= 15 is 0 Å². The van der Waals surface area contributed by atoms with Crippen molar-refractivity contribution in [2.45, 2.75) is 17.0 Å². The molecule has 0 saturated heterocycles. The molecule has 0 radical (unpaired) electrons. The van der Waals surface area contributed by atoms with Gasteiger partial charge < -0.3 is 14.0 Å². The summed E-state index contributed by atoms with van der Waals surface area (Å²) in [5, 5.41) is 10.1. The van der Waals surface area contributed by atoms with E-state index in [2.05, 4.69) is 15.2 Å². The Morgan fingerprint density at radius 2 is 1.88 bits per heavy atom. The summed E-state index contributed by atoms with van der Waals surface area (Å²) in [6.45, 7) is 0.392. The smallest absolute Gasteiger partial charge is 0.192 e. The molecule has 2 aromatic heterocycles. The second-order valence-electron chi connectivity index (χ2n) is 5.67. The minimum atomic E-state index is -0.304. The summed E-state index contributed by atoms with van der Waals surface area (Å²) < 4.78 is 13.7. The lowest BCUT2D eigenvalue weighted by Crippen LogP contribution is -2.24. The molecule has 6 nitrogen and oxygen atoms in total. The van der Waals surface area contributed by atoms with Crippen molar-refractivity contribution in [3.63, 3.8) is 0 Å². The van der Waals surface area contributed by atoms with E-state index in [9.17, 15) is 0 Å². The first-order valence-corrected chi connectivity index (χ1v) is 9.57. The molecule has 0 aliphatic carbocycles. The molecule has 26 heavy (non-hydrogen) atoms. The van der Waals surface area contributed by atoms with Crippen LogP contribution < -0.4 is 9.47 Å². The fourth-order valence-electron chi connectivity index (χ4n) is 2.62. The van der Waals surface area contributed by atoms with Crippen LogP contribution in [-0.2, 0) is 12.8 Å². The maximum atomic E-state index is 6.01. The highest BCUT2D eigenvalue weighted by atomic mass is 35.5.